The molecule has 3 rings (SSSR count). The first-order valence-corrected chi connectivity index (χ1v) is 10.6. The van der Waals surface area contributed by atoms with Gasteiger partial charge in [-0.1, -0.05) is 13.0 Å². The molecule has 1 aliphatic heterocycles. The number of nitrogens with one attached hydrogen (secondary N) is 2. The molecule has 2 aromatic rings. The number of benzene rings is 1. The molecule has 1 aliphatic rings. The van der Waals surface area contributed by atoms with Crippen molar-refractivity contribution in [1.29, 1.82) is 0 Å². The van der Waals surface area contributed by atoms with E-state index in [9.17, 15) is 4.79 Å². The third-order valence-electron chi connectivity index (χ3n) is 5.12. The van der Waals surface area contributed by atoms with E-state index in [4.69, 9.17) is 9.47 Å². The summed E-state index contributed by atoms with van der Waals surface area (Å²) in [6.45, 7) is 7.25. The van der Waals surface area contributed by atoms with Crippen LogP contribution in [0.2, 0.25) is 0 Å². The molecule has 0 aliphatic carbocycles. The summed E-state index contributed by atoms with van der Waals surface area (Å²) in [6, 6.07) is 10.4. The van der Waals surface area contributed by atoms with E-state index in [2.05, 4.69) is 39.6 Å². The highest BCUT2D eigenvalue weighted by molar-refractivity contribution is 5.87. The van der Waals surface area contributed by atoms with Crippen LogP contribution in [0.5, 0.6) is 11.5 Å². The fourth-order valence-corrected chi connectivity index (χ4v) is 3.61. The van der Waals surface area contributed by atoms with E-state index in [1.54, 1.807) is 13.3 Å². The molecule has 0 radical (unpaired) electrons. The number of piperidine rings is 1. The average Bonchev–Trinajstić information content (AvgIpc) is 2.75. The molecule has 1 fully saturated rings. The number of likely N-dealkylation sites (tertiary alicyclic amines) is 1. The fraction of sp³-hybridized carbons (Fsp3) is 0.478. The summed E-state index contributed by atoms with van der Waals surface area (Å²) in [7, 11) is 1.68. The minimum Gasteiger partial charge on any atom is -0.493 e. The lowest BCUT2D eigenvalue weighted by Crippen LogP contribution is -2.38. The van der Waals surface area contributed by atoms with Crippen LogP contribution in [0.3, 0.4) is 0 Å². The number of pyridine rings is 1. The van der Waals surface area contributed by atoms with Crippen LogP contribution < -0.4 is 20.1 Å². The Kier molecular flexibility index (Phi) is 7.90. The number of carbonyl (C=O) groups excluding carboxylic acids is 1. The lowest BCUT2D eigenvalue weighted by atomic mass is 10.0. The monoisotopic (exact) mass is 412 g/mol. The molecule has 0 spiro atoms. The molecular formula is C23H32N4O3. The lowest BCUT2D eigenvalue weighted by molar-refractivity contribution is -0.114. The first kappa shape index (κ1) is 21.9. The Balaban J connectivity index is 1.49. The molecule has 1 aromatic carbocycles. The van der Waals surface area contributed by atoms with Crippen molar-refractivity contribution in [3.05, 3.63) is 42.1 Å². The second kappa shape index (κ2) is 10.8. The third kappa shape index (κ3) is 6.35. The van der Waals surface area contributed by atoms with E-state index in [-0.39, 0.29) is 5.91 Å². The Morgan fingerprint density at radius 1 is 1.20 bits per heavy atom. The summed E-state index contributed by atoms with van der Waals surface area (Å²) in [5.74, 6) is 2.07. The van der Waals surface area contributed by atoms with Crippen molar-refractivity contribution >= 4 is 17.4 Å². The van der Waals surface area contributed by atoms with Crippen LogP contribution in [0, 0.1) is 0 Å². The van der Waals surface area contributed by atoms with Crippen molar-refractivity contribution in [1.82, 2.24) is 9.88 Å². The number of methoxy groups -OCH3 is 1. The molecule has 1 aromatic heterocycles. The topological polar surface area (TPSA) is 75.7 Å². The molecule has 1 saturated heterocycles. The molecule has 2 N–H and O–H groups in total. The second-order valence-corrected chi connectivity index (χ2v) is 7.64. The van der Waals surface area contributed by atoms with E-state index in [0.717, 1.165) is 56.1 Å². The van der Waals surface area contributed by atoms with Gasteiger partial charge in [-0.05, 0) is 49.1 Å². The predicted molar refractivity (Wildman–Crippen MR) is 119 cm³/mol. The number of hydrogen-bond donors (Lipinski definition) is 2. The van der Waals surface area contributed by atoms with Gasteiger partial charge in [0.25, 0.3) is 0 Å². The highest BCUT2D eigenvalue weighted by Crippen LogP contribution is 2.29. The Bertz CT molecular complexity index is 818. The van der Waals surface area contributed by atoms with Crippen molar-refractivity contribution in [2.24, 2.45) is 0 Å². The number of aromatic nitrogens is 1. The van der Waals surface area contributed by atoms with Gasteiger partial charge < -0.3 is 20.1 Å². The van der Waals surface area contributed by atoms with Crippen LogP contribution in [0.15, 0.2) is 36.5 Å². The zero-order valence-electron chi connectivity index (χ0n) is 18.1. The maximum absolute atomic E-state index is 11.1. The van der Waals surface area contributed by atoms with E-state index in [1.165, 1.54) is 12.5 Å². The van der Waals surface area contributed by atoms with Crippen molar-refractivity contribution in [2.75, 3.05) is 37.4 Å². The van der Waals surface area contributed by atoms with Crippen LogP contribution in [0.4, 0.5) is 11.5 Å². The van der Waals surface area contributed by atoms with Crippen molar-refractivity contribution < 1.29 is 14.3 Å². The average molecular weight is 413 g/mol. The first-order valence-electron chi connectivity index (χ1n) is 10.6. The van der Waals surface area contributed by atoms with E-state index >= 15 is 0 Å². The van der Waals surface area contributed by atoms with Crippen LogP contribution in [-0.4, -0.2) is 48.6 Å². The van der Waals surface area contributed by atoms with Crippen molar-refractivity contribution in [3.8, 4) is 11.5 Å². The van der Waals surface area contributed by atoms with E-state index < -0.39 is 0 Å². The molecule has 0 unspecified atom stereocenters. The molecule has 7 heteroatoms. The number of rotatable bonds is 9. The summed E-state index contributed by atoms with van der Waals surface area (Å²) in [6.07, 6.45) is 4.89. The summed E-state index contributed by atoms with van der Waals surface area (Å²) in [5, 5.41) is 6.24. The summed E-state index contributed by atoms with van der Waals surface area (Å²) < 4.78 is 11.2. The second-order valence-electron chi connectivity index (χ2n) is 7.64. The molecule has 162 valence electrons. The highest BCUT2D eigenvalue weighted by Gasteiger charge is 2.20. The van der Waals surface area contributed by atoms with Crippen LogP contribution >= 0.6 is 0 Å². The predicted octanol–water partition coefficient (Wildman–Crippen LogP) is 3.91. The SMILES string of the molecule is CCCOc1cc(CN2CCC(Nc3ccc(NC(C)=O)nc3)CC2)ccc1OC. The number of ether oxygens (including phenoxy) is 2. The Hall–Kier alpha value is -2.80. The van der Waals surface area contributed by atoms with Gasteiger partial charge in [0.05, 0.1) is 25.6 Å². The maximum atomic E-state index is 11.1. The molecular weight excluding hydrogens is 380 g/mol. The van der Waals surface area contributed by atoms with Gasteiger partial charge in [-0.15, -0.1) is 0 Å². The highest BCUT2D eigenvalue weighted by atomic mass is 16.5. The molecule has 0 saturated carbocycles. The Morgan fingerprint density at radius 2 is 2.00 bits per heavy atom. The summed E-state index contributed by atoms with van der Waals surface area (Å²) >= 11 is 0. The van der Waals surface area contributed by atoms with Gasteiger partial charge in [0.2, 0.25) is 5.91 Å². The first-order chi connectivity index (χ1) is 14.6. The Morgan fingerprint density at radius 3 is 2.63 bits per heavy atom. The molecule has 2 heterocycles. The molecule has 30 heavy (non-hydrogen) atoms. The number of hydrogen-bond acceptors (Lipinski definition) is 6. The van der Waals surface area contributed by atoms with Crippen LogP contribution in [0.1, 0.15) is 38.7 Å². The summed E-state index contributed by atoms with van der Waals surface area (Å²) in [5.41, 5.74) is 2.22. The zero-order valence-corrected chi connectivity index (χ0v) is 18.1. The number of carbonyl (C=O) groups is 1. The lowest BCUT2D eigenvalue weighted by Gasteiger charge is -2.33. The number of anilines is 2. The zero-order chi connectivity index (χ0) is 21.3. The molecule has 7 nitrogen and oxygen atoms in total. The normalized spacial score (nSPS) is 14.9. The third-order valence-corrected chi connectivity index (χ3v) is 5.12. The minimum absolute atomic E-state index is 0.114. The molecule has 0 bridgehead atoms. The number of amides is 1. The van der Waals surface area contributed by atoms with E-state index in [0.29, 0.717) is 18.5 Å². The van der Waals surface area contributed by atoms with Gasteiger partial charge in [0, 0.05) is 32.6 Å². The fourth-order valence-electron chi connectivity index (χ4n) is 3.61. The van der Waals surface area contributed by atoms with Crippen molar-refractivity contribution in [3.63, 3.8) is 0 Å². The maximum Gasteiger partial charge on any atom is 0.222 e. The minimum atomic E-state index is -0.114. The smallest absolute Gasteiger partial charge is 0.222 e. The van der Waals surface area contributed by atoms with E-state index in [1.807, 2.05) is 18.2 Å². The Labute approximate surface area is 178 Å². The van der Waals surface area contributed by atoms with Gasteiger partial charge in [-0.3, -0.25) is 9.69 Å². The van der Waals surface area contributed by atoms with Gasteiger partial charge in [0.1, 0.15) is 5.82 Å². The summed E-state index contributed by atoms with van der Waals surface area (Å²) in [4.78, 5) is 17.8. The van der Waals surface area contributed by atoms with Crippen molar-refractivity contribution in [2.45, 2.75) is 45.7 Å². The van der Waals surface area contributed by atoms with Gasteiger partial charge in [-0.25, -0.2) is 4.98 Å². The molecule has 1 amide bonds. The number of nitrogens with zero attached hydrogens (tertiary/aromatic N) is 2. The van der Waals surface area contributed by atoms with Gasteiger partial charge in [0.15, 0.2) is 11.5 Å². The van der Waals surface area contributed by atoms with Crippen LogP contribution in [-0.2, 0) is 11.3 Å². The van der Waals surface area contributed by atoms with Crippen LogP contribution in [0.25, 0.3) is 0 Å². The molecule has 0 atom stereocenters. The standard InChI is InChI=1S/C23H32N4O3/c1-4-13-30-22-14-18(5-7-21(22)29-3)16-27-11-9-19(10-12-27)26-20-6-8-23(24-15-20)25-17(2)28/h5-8,14-15,19,26H,4,9-13,16H2,1-3H3,(H,24,25,28). The largest absolute Gasteiger partial charge is 0.493 e. The van der Waals surface area contributed by atoms with Gasteiger partial charge >= 0.3 is 0 Å². The quantitative estimate of drug-likeness (QED) is 0.650. The van der Waals surface area contributed by atoms with Gasteiger partial charge in [-0.2, -0.15) is 0 Å².